The SMILES string of the molecule is C[C@@]1(C(=O)O)COc2cc3c(cc21)OC(F)(F)O3. The van der Waals surface area contributed by atoms with Gasteiger partial charge in [0.05, 0.1) is 0 Å². The largest absolute Gasteiger partial charge is 0.586 e. The molecule has 3 rings (SSSR count). The number of hydrogen-bond acceptors (Lipinski definition) is 4. The number of benzene rings is 1. The Hall–Kier alpha value is -2.05. The fourth-order valence-electron chi connectivity index (χ4n) is 2.01. The van der Waals surface area contributed by atoms with Gasteiger partial charge in [-0.2, -0.15) is 0 Å². The van der Waals surface area contributed by atoms with Crippen LogP contribution in [0.25, 0.3) is 0 Å². The minimum atomic E-state index is -3.73. The summed E-state index contributed by atoms with van der Waals surface area (Å²) in [5.74, 6) is -1.21. The Labute approximate surface area is 99.9 Å². The van der Waals surface area contributed by atoms with Crippen LogP contribution in [-0.2, 0) is 10.2 Å². The lowest BCUT2D eigenvalue weighted by Crippen LogP contribution is -2.33. The van der Waals surface area contributed by atoms with Gasteiger partial charge in [0.2, 0.25) is 0 Å². The lowest BCUT2D eigenvalue weighted by atomic mass is 9.84. The molecule has 0 amide bonds. The summed E-state index contributed by atoms with van der Waals surface area (Å²) in [5, 5.41) is 9.17. The second kappa shape index (κ2) is 3.04. The van der Waals surface area contributed by atoms with E-state index >= 15 is 0 Å². The zero-order chi connectivity index (χ0) is 13.1. The molecular formula is C11H8F2O5. The van der Waals surface area contributed by atoms with Crippen molar-refractivity contribution in [3.63, 3.8) is 0 Å². The molecule has 7 heteroatoms. The first-order valence-electron chi connectivity index (χ1n) is 5.12. The Morgan fingerprint density at radius 3 is 2.50 bits per heavy atom. The quantitative estimate of drug-likeness (QED) is 0.831. The second-order valence-electron chi connectivity index (χ2n) is 4.39. The molecule has 1 aromatic carbocycles. The first kappa shape index (κ1) is 11.1. The number of ether oxygens (including phenoxy) is 3. The van der Waals surface area contributed by atoms with Crippen LogP contribution in [0.1, 0.15) is 12.5 Å². The van der Waals surface area contributed by atoms with Crippen LogP contribution in [0.15, 0.2) is 12.1 Å². The van der Waals surface area contributed by atoms with E-state index in [0.29, 0.717) is 5.56 Å². The highest BCUT2D eigenvalue weighted by Crippen LogP contribution is 2.49. The van der Waals surface area contributed by atoms with Gasteiger partial charge in [0.25, 0.3) is 0 Å². The van der Waals surface area contributed by atoms with Crippen molar-refractivity contribution < 1.29 is 32.9 Å². The van der Waals surface area contributed by atoms with E-state index in [1.165, 1.54) is 19.1 Å². The van der Waals surface area contributed by atoms with Crippen LogP contribution in [0.4, 0.5) is 8.78 Å². The van der Waals surface area contributed by atoms with Gasteiger partial charge in [-0.3, -0.25) is 4.79 Å². The molecule has 0 saturated carbocycles. The van der Waals surface area contributed by atoms with E-state index in [2.05, 4.69) is 9.47 Å². The molecule has 2 aliphatic heterocycles. The number of fused-ring (bicyclic) bond motifs is 2. The number of carboxylic acid groups (broad SMARTS) is 1. The fourth-order valence-corrected chi connectivity index (χ4v) is 2.01. The van der Waals surface area contributed by atoms with E-state index in [1.807, 2.05) is 0 Å². The summed E-state index contributed by atoms with van der Waals surface area (Å²) >= 11 is 0. The maximum atomic E-state index is 12.9. The topological polar surface area (TPSA) is 65.0 Å². The predicted molar refractivity (Wildman–Crippen MR) is 53.1 cm³/mol. The molecule has 0 saturated heterocycles. The van der Waals surface area contributed by atoms with Crippen molar-refractivity contribution in [3.05, 3.63) is 17.7 Å². The lowest BCUT2D eigenvalue weighted by molar-refractivity contribution is -0.286. The van der Waals surface area contributed by atoms with Gasteiger partial charge in [-0.1, -0.05) is 0 Å². The van der Waals surface area contributed by atoms with E-state index in [-0.39, 0.29) is 23.9 Å². The summed E-state index contributed by atoms with van der Waals surface area (Å²) < 4.78 is 39.5. The van der Waals surface area contributed by atoms with E-state index in [1.54, 1.807) is 0 Å². The van der Waals surface area contributed by atoms with Crippen LogP contribution in [0.2, 0.25) is 0 Å². The molecule has 1 N–H and O–H groups in total. The third kappa shape index (κ3) is 1.33. The Bertz CT molecular complexity index is 557. The molecule has 0 bridgehead atoms. The van der Waals surface area contributed by atoms with E-state index in [9.17, 15) is 18.7 Å². The molecule has 96 valence electrons. The van der Waals surface area contributed by atoms with Crippen LogP contribution >= 0.6 is 0 Å². The first-order chi connectivity index (χ1) is 8.32. The van der Waals surface area contributed by atoms with Gasteiger partial charge < -0.3 is 19.3 Å². The highest BCUT2D eigenvalue weighted by Gasteiger charge is 2.48. The highest BCUT2D eigenvalue weighted by molar-refractivity contribution is 5.84. The molecule has 5 nitrogen and oxygen atoms in total. The van der Waals surface area contributed by atoms with Crippen molar-refractivity contribution >= 4 is 5.97 Å². The van der Waals surface area contributed by atoms with Crippen molar-refractivity contribution in [1.82, 2.24) is 0 Å². The van der Waals surface area contributed by atoms with Gasteiger partial charge >= 0.3 is 12.3 Å². The lowest BCUT2D eigenvalue weighted by Gasteiger charge is -2.16. The first-order valence-corrected chi connectivity index (χ1v) is 5.12. The molecule has 1 atom stereocenters. The predicted octanol–water partition coefficient (Wildman–Crippen LogP) is 1.74. The fraction of sp³-hybridized carbons (Fsp3) is 0.364. The average Bonchev–Trinajstić information content (AvgIpc) is 2.72. The summed E-state index contributed by atoms with van der Waals surface area (Å²) in [4.78, 5) is 11.2. The molecule has 0 radical (unpaired) electrons. The molecule has 0 aliphatic carbocycles. The Balaban J connectivity index is 2.11. The Morgan fingerprint density at radius 2 is 1.89 bits per heavy atom. The van der Waals surface area contributed by atoms with E-state index in [0.717, 1.165) is 0 Å². The Morgan fingerprint density at radius 1 is 1.28 bits per heavy atom. The number of alkyl halides is 2. The maximum Gasteiger partial charge on any atom is 0.586 e. The third-order valence-corrected chi connectivity index (χ3v) is 3.09. The molecule has 2 heterocycles. The van der Waals surface area contributed by atoms with Crippen LogP contribution in [-0.4, -0.2) is 24.0 Å². The second-order valence-corrected chi connectivity index (χ2v) is 4.39. The van der Waals surface area contributed by atoms with Crippen LogP contribution < -0.4 is 14.2 Å². The number of halogens is 2. The number of aliphatic carboxylic acids is 1. The summed E-state index contributed by atoms with van der Waals surface area (Å²) in [6.45, 7) is 1.40. The van der Waals surface area contributed by atoms with Crippen molar-refractivity contribution in [2.24, 2.45) is 0 Å². The van der Waals surface area contributed by atoms with Gasteiger partial charge in [0, 0.05) is 11.6 Å². The summed E-state index contributed by atoms with van der Waals surface area (Å²) in [5.41, 5.74) is -0.971. The number of rotatable bonds is 1. The minimum absolute atomic E-state index is 0.0586. The summed E-state index contributed by atoms with van der Waals surface area (Å²) in [7, 11) is 0. The van der Waals surface area contributed by atoms with Crippen LogP contribution in [0, 0.1) is 0 Å². The van der Waals surface area contributed by atoms with E-state index in [4.69, 9.17) is 4.74 Å². The number of carboxylic acids is 1. The average molecular weight is 258 g/mol. The van der Waals surface area contributed by atoms with Crippen LogP contribution in [0.3, 0.4) is 0 Å². The molecule has 2 aliphatic rings. The highest BCUT2D eigenvalue weighted by atomic mass is 19.3. The van der Waals surface area contributed by atoms with Crippen molar-refractivity contribution in [2.75, 3.05) is 6.61 Å². The number of carbonyl (C=O) groups is 1. The summed E-state index contributed by atoms with van der Waals surface area (Å²) in [6, 6.07) is 2.45. The molecule has 0 fully saturated rings. The van der Waals surface area contributed by atoms with E-state index < -0.39 is 17.7 Å². The minimum Gasteiger partial charge on any atom is -0.492 e. The van der Waals surface area contributed by atoms with Gasteiger partial charge in [0.15, 0.2) is 11.5 Å². The molecule has 0 aromatic heterocycles. The molecular weight excluding hydrogens is 250 g/mol. The molecule has 1 aromatic rings. The normalized spacial score (nSPS) is 26.6. The summed E-state index contributed by atoms with van der Waals surface area (Å²) in [6.07, 6.45) is -3.73. The van der Waals surface area contributed by atoms with Gasteiger partial charge in [0.1, 0.15) is 17.8 Å². The van der Waals surface area contributed by atoms with Crippen molar-refractivity contribution in [1.29, 1.82) is 0 Å². The molecule has 0 unspecified atom stereocenters. The van der Waals surface area contributed by atoms with Crippen LogP contribution in [0.5, 0.6) is 17.2 Å². The van der Waals surface area contributed by atoms with Crippen molar-refractivity contribution in [2.45, 2.75) is 18.6 Å². The van der Waals surface area contributed by atoms with Gasteiger partial charge in [-0.15, -0.1) is 8.78 Å². The van der Waals surface area contributed by atoms with Crippen molar-refractivity contribution in [3.8, 4) is 17.2 Å². The molecule has 0 spiro atoms. The van der Waals surface area contributed by atoms with Gasteiger partial charge in [-0.25, -0.2) is 0 Å². The Kier molecular flexibility index (Phi) is 1.87. The zero-order valence-corrected chi connectivity index (χ0v) is 9.20. The standard InChI is InChI=1S/C11H8F2O5/c1-10(9(14)15)4-16-6-3-8-7(2-5(6)10)17-11(12,13)18-8/h2-3H,4H2,1H3,(H,14,15)/t10-/m1/s1. The molecule has 18 heavy (non-hydrogen) atoms. The zero-order valence-electron chi connectivity index (χ0n) is 9.20. The monoisotopic (exact) mass is 258 g/mol. The number of hydrogen-bond donors (Lipinski definition) is 1. The third-order valence-electron chi connectivity index (χ3n) is 3.09. The maximum absolute atomic E-state index is 12.9. The van der Waals surface area contributed by atoms with Gasteiger partial charge in [-0.05, 0) is 13.0 Å². The smallest absolute Gasteiger partial charge is 0.492 e.